The van der Waals surface area contributed by atoms with Gasteiger partial charge in [-0.15, -0.1) is 69.1 Å². The zero-order valence-corrected chi connectivity index (χ0v) is 29.9. The molecule has 0 radical (unpaired) electrons. The minimum atomic E-state index is -0.826. The van der Waals surface area contributed by atoms with E-state index in [1.54, 1.807) is 0 Å². The quantitative estimate of drug-likeness (QED) is 0.140. The van der Waals surface area contributed by atoms with Gasteiger partial charge in [0.25, 0.3) is 0 Å². The first-order chi connectivity index (χ1) is 21.0. The molecule has 0 saturated carbocycles. The van der Waals surface area contributed by atoms with Crippen molar-refractivity contribution < 1.29 is 20.8 Å². The van der Waals surface area contributed by atoms with E-state index in [9.17, 15) is 0 Å². The van der Waals surface area contributed by atoms with Crippen molar-refractivity contribution >= 4 is 38.6 Å². The molecule has 0 bridgehead atoms. The summed E-state index contributed by atoms with van der Waals surface area (Å²) in [6, 6.07) is 40.6. The van der Waals surface area contributed by atoms with Gasteiger partial charge in [-0.25, -0.2) is 0 Å². The van der Waals surface area contributed by atoms with Gasteiger partial charge in [0.1, 0.15) is 0 Å². The Labute approximate surface area is 277 Å². The zero-order chi connectivity index (χ0) is 30.6. The molecule has 0 fully saturated rings. The molecule has 6 rings (SSSR count). The average molecular weight is 685 g/mol. The van der Waals surface area contributed by atoms with Gasteiger partial charge in [-0.3, -0.25) is 0 Å². The molecule has 6 aromatic carbocycles. The molecule has 0 unspecified atom stereocenters. The molecular weight excluding hydrogens is 643 g/mol. The molecule has 0 aromatic heterocycles. The maximum atomic E-state index is 4.93. The van der Waals surface area contributed by atoms with Gasteiger partial charge in [0.05, 0.1) is 0 Å². The molecule has 0 spiro atoms. The normalized spacial score (nSPS) is 10.6. The van der Waals surface area contributed by atoms with Gasteiger partial charge in [-0.1, -0.05) is 112 Å². The number of rotatable bonds is 8. The van der Waals surface area contributed by atoms with E-state index in [1.165, 1.54) is 91.7 Å². The van der Waals surface area contributed by atoms with Gasteiger partial charge in [-0.05, 0) is 47.9 Å². The van der Waals surface area contributed by atoms with Crippen molar-refractivity contribution in [2.24, 2.45) is 0 Å². The molecular formula is C40H42Cl2Zr. The van der Waals surface area contributed by atoms with Crippen molar-refractivity contribution in [2.45, 2.75) is 66.2 Å². The molecule has 6 aromatic rings. The third-order valence-corrected chi connectivity index (χ3v) is 8.04. The fraction of sp³-hybridized carbons (Fsp3) is 0.250. The Hall–Kier alpha value is -2.44. The van der Waals surface area contributed by atoms with Crippen LogP contribution in [-0.2, 0) is 46.5 Å². The SMILES string of the molecule is CCCc1cc2c(-c3ccc(CC)cc3)cccc2[cH-]1.CCCc1cc2c(-c3ccc(CC)cc3)cccc2[cH-]1.[Cl][Zr+2][Cl]. The maximum absolute atomic E-state index is 4.93. The molecule has 220 valence electrons. The van der Waals surface area contributed by atoms with Crippen LogP contribution in [0.2, 0.25) is 0 Å². The Balaban J connectivity index is 0.000000181. The van der Waals surface area contributed by atoms with E-state index in [1.807, 2.05) is 0 Å². The van der Waals surface area contributed by atoms with Crippen LogP contribution in [0.1, 0.15) is 62.8 Å². The molecule has 3 heteroatoms. The molecule has 0 aliphatic rings. The van der Waals surface area contributed by atoms with Crippen molar-refractivity contribution in [2.75, 3.05) is 0 Å². The summed E-state index contributed by atoms with van der Waals surface area (Å²) in [5.74, 6) is 0. The van der Waals surface area contributed by atoms with Crippen LogP contribution in [-0.4, -0.2) is 0 Å². The van der Waals surface area contributed by atoms with E-state index < -0.39 is 20.8 Å². The van der Waals surface area contributed by atoms with E-state index >= 15 is 0 Å². The number of aryl methyl sites for hydroxylation is 4. The first-order valence-corrected chi connectivity index (χ1v) is 21.9. The van der Waals surface area contributed by atoms with Crippen molar-refractivity contribution in [1.82, 2.24) is 0 Å². The second-order valence-corrected chi connectivity index (χ2v) is 14.7. The number of hydrogen-bond donors (Lipinski definition) is 0. The van der Waals surface area contributed by atoms with Crippen LogP contribution < -0.4 is 0 Å². The van der Waals surface area contributed by atoms with Crippen molar-refractivity contribution in [1.29, 1.82) is 0 Å². The van der Waals surface area contributed by atoms with Gasteiger partial charge < -0.3 is 0 Å². The molecule has 0 N–H and O–H groups in total. The van der Waals surface area contributed by atoms with Gasteiger partial charge >= 0.3 is 37.9 Å². The predicted molar refractivity (Wildman–Crippen MR) is 188 cm³/mol. The summed E-state index contributed by atoms with van der Waals surface area (Å²) in [4.78, 5) is 0. The first kappa shape index (κ1) is 33.5. The fourth-order valence-electron chi connectivity index (χ4n) is 5.80. The molecule has 0 amide bonds. The van der Waals surface area contributed by atoms with Crippen LogP contribution in [0.15, 0.2) is 109 Å². The molecule has 0 aliphatic carbocycles. The average Bonchev–Trinajstić information content (AvgIpc) is 3.65. The standard InChI is InChI=1S/2C20H21.2ClH.Zr/c2*1-3-6-16-13-18-7-5-8-19(20(18)14-16)17-11-9-15(4-2)10-12-17;;;/h2*5,7-14H,3-4,6H2,1-2H3;2*1H;/q2*-1;;;+4/p-2. The number of fused-ring (bicyclic) bond motifs is 2. The number of hydrogen-bond acceptors (Lipinski definition) is 0. The van der Waals surface area contributed by atoms with Gasteiger partial charge in [-0.2, -0.15) is 12.1 Å². The van der Waals surface area contributed by atoms with Crippen LogP contribution in [0.3, 0.4) is 0 Å². The summed E-state index contributed by atoms with van der Waals surface area (Å²) < 4.78 is 0. The summed E-state index contributed by atoms with van der Waals surface area (Å²) in [5.41, 5.74) is 11.1. The Bertz CT molecular complexity index is 1560. The van der Waals surface area contributed by atoms with E-state index in [2.05, 4.69) is 137 Å². The van der Waals surface area contributed by atoms with Gasteiger partial charge in [0.2, 0.25) is 0 Å². The third-order valence-electron chi connectivity index (χ3n) is 8.04. The predicted octanol–water partition coefficient (Wildman–Crippen LogP) is 12.9. The van der Waals surface area contributed by atoms with E-state index in [0.29, 0.717) is 0 Å². The van der Waals surface area contributed by atoms with Crippen molar-refractivity contribution in [3.8, 4) is 22.3 Å². The molecule has 0 nitrogen and oxygen atoms in total. The molecule has 0 aliphatic heterocycles. The van der Waals surface area contributed by atoms with Crippen LogP contribution in [0, 0.1) is 0 Å². The molecule has 0 saturated heterocycles. The van der Waals surface area contributed by atoms with Crippen LogP contribution >= 0.6 is 17.0 Å². The molecule has 0 heterocycles. The van der Waals surface area contributed by atoms with Crippen LogP contribution in [0.4, 0.5) is 0 Å². The van der Waals surface area contributed by atoms with Crippen molar-refractivity contribution in [3.63, 3.8) is 0 Å². The van der Waals surface area contributed by atoms with E-state index in [-0.39, 0.29) is 0 Å². The monoisotopic (exact) mass is 682 g/mol. The second kappa shape index (κ2) is 17.2. The summed E-state index contributed by atoms with van der Waals surface area (Å²) >= 11 is -0.826. The molecule has 43 heavy (non-hydrogen) atoms. The van der Waals surface area contributed by atoms with E-state index in [4.69, 9.17) is 17.0 Å². The number of benzene rings is 4. The summed E-state index contributed by atoms with van der Waals surface area (Å²) in [7, 11) is 9.87. The topological polar surface area (TPSA) is 0 Å². The fourth-order valence-corrected chi connectivity index (χ4v) is 5.80. The van der Waals surface area contributed by atoms with Crippen LogP contribution in [0.25, 0.3) is 43.8 Å². The van der Waals surface area contributed by atoms with Gasteiger partial charge in [0.15, 0.2) is 0 Å². The van der Waals surface area contributed by atoms with Crippen molar-refractivity contribution in [3.05, 3.63) is 131 Å². The Morgan fingerprint density at radius 1 is 0.535 bits per heavy atom. The third kappa shape index (κ3) is 8.82. The number of halogens is 2. The summed E-state index contributed by atoms with van der Waals surface area (Å²) in [6.07, 6.45) is 6.95. The van der Waals surface area contributed by atoms with Gasteiger partial charge in [0, 0.05) is 0 Å². The second-order valence-electron chi connectivity index (χ2n) is 11.0. The Morgan fingerprint density at radius 2 is 0.907 bits per heavy atom. The minimum absolute atomic E-state index is 0.826. The summed E-state index contributed by atoms with van der Waals surface area (Å²) in [6.45, 7) is 8.87. The first-order valence-electron chi connectivity index (χ1n) is 15.6. The Kier molecular flexibility index (Phi) is 13.3. The zero-order valence-electron chi connectivity index (χ0n) is 25.9. The van der Waals surface area contributed by atoms with E-state index in [0.717, 1.165) is 12.8 Å². The molecule has 0 atom stereocenters. The Morgan fingerprint density at radius 3 is 1.23 bits per heavy atom. The summed E-state index contributed by atoms with van der Waals surface area (Å²) in [5, 5.41) is 5.51. The van der Waals surface area contributed by atoms with Crippen LogP contribution in [0.5, 0.6) is 0 Å².